The van der Waals surface area contributed by atoms with Gasteiger partial charge in [-0.1, -0.05) is 18.2 Å². The number of piperazine rings is 1. The Balaban J connectivity index is 1.71. The molecule has 1 aliphatic rings. The standard InChI is InChI=1S/C22H30N6O4/c1-15-7-5-6-8-17(15)32-14-16(29)13-28-18-19(25(3)22(31)26(4)20(18)30)23-21(28)27-11-9-24(2)10-12-27/h5-8,16,29H,9-14H2,1-4H3/t16-/m1/s1. The summed E-state index contributed by atoms with van der Waals surface area (Å²) in [5, 5.41) is 10.8. The van der Waals surface area contributed by atoms with Gasteiger partial charge in [-0.3, -0.25) is 13.9 Å². The van der Waals surface area contributed by atoms with E-state index >= 15 is 0 Å². The number of fused-ring (bicyclic) bond motifs is 1. The molecule has 10 nitrogen and oxygen atoms in total. The molecule has 0 saturated carbocycles. The van der Waals surface area contributed by atoms with Crippen LogP contribution >= 0.6 is 0 Å². The lowest BCUT2D eigenvalue weighted by Crippen LogP contribution is -2.45. The molecule has 1 aromatic carbocycles. The summed E-state index contributed by atoms with van der Waals surface area (Å²) in [7, 11) is 5.12. The van der Waals surface area contributed by atoms with Crippen LogP contribution in [0.15, 0.2) is 33.9 Å². The Morgan fingerprint density at radius 3 is 2.44 bits per heavy atom. The zero-order chi connectivity index (χ0) is 23.0. The molecule has 1 N–H and O–H groups in total. The minimum absolute atomic E-state index is 0.0682. The van der Waals surface area contributed by atoms with E-state index in [0.717, 1.165) is 36.3 Å². The summed E-state index contributed by atoms with van der Waals surface area (Å²) in [5.74, 6) is 1.29. The van der Waals surface area contributed by atoms with E-state index < -0.39 is 17.4 Å². The third kappa shape index (κ3) is 4.03. The molecule has 2 aromatic heterocycles. The van der Waals surface area contributed by atoms with Crippen LogP contribution in [-0.4, -0.2) is 74.6 Å². The van der Waals surface area contributed by atoms with Crippen molar-refractivity contribution in [3.05, 3.63) is 50.7 Å². The Hall–Kier alpha value is -3.11. The fourth-order valence-corrected chi connectivity index (χ4v) is 4.02. The molecular weight excluding hydrogens is 412 g/mol. The molecule has 1 atom stereocenters. The molecule has 3 aromatic rings. The van der Waals surface area contributed by atoms with E-state index in [1.165, 1.54) is 11.6 Å². The van der Waals surface area contributed by atoms with Gasteiger partial charge in [-0.25, -0.2) is 4.79 Å². The molecule has 1 aliphatic heterocycles. The number of imidazole rings is 1. The number of nitrogens with zero attached hydrogens (tertiary/aromatic N) is 6. The van der Waals surface area contributed by atoms with Gasteiger partial charge in [0.1, 0.15) is 18.5 Å². The number of hydrogen-bond acceptors (Lipinski definition) is 7. The van der Waals surface area contributed by atoms with Crippen LogP contribution in [0.5, 0.6) is 5.75 Å². The zero-order valence-electron chi connectivity index (χ0n) is 19.0. The van der Waals surface area contributed by atoms with Crippen LogP contribution < -0.4 is 20.9 Å². The van der Waals surface area contributed by atoms with E-state index in [1.807, 2.05) is 31.2 Å². The van der Waals surface area contributed by atoms with Crippen LogP contribution in [0.25, 0.3) is 11.2 Å². The van der Waals surface area contributed by atoms with Gasteiger partial charge in [0.05, 0.1) is 6.54 Å². The zero-order valence-corrected chi connectivity index (χ0v) is 19.0. The number of likely N-dealkylation sites (N-methyl/N-ethyl adjacent to an activating group) is 1. The van der Waals surface area contributed by atoms with Crippen LogP contribution in [0.3, 0.4) is 0 Å². The van der Waals surface area contributed by atoms with E-state index in [1.54, 1.807) is 11.6 Å². The van der Waals surface area contributed by atoms with Crippen molar-refractivity contribution in [2.45, 2.75) is 19.6 Å². The second-order valence-electron chi connectivity index (χ2n) is 8.42. The molecule has 0 amide bonds. The molecule has 0 aliphatic carbocycles. The van der Waals surface area contributed by atoms with Crippen molar-refractivity contribution in [1.82, 2.24) is 23.6 Å². The lowest BCUT2D eigenvalue weighted by molar-refractivity contribution is 0.0932. The molecule has 0 bridgehead atoms. The number of benzene rings is 1. The van der Waals surface area contributed by atoms with Crippen molar-refractivity contribution in [3.8, 4) is 5.75 Å². The number of aliphatic hydroxyl groups is 1. The van der Waals surface area contributed by atoms with Gasteiger partial charge in [-0.15, -0.1) is 0 Å². The maximum atomic E-state index is 13.0. The van der Waals surface area contributed by atoms with Crippen LogP contribution in [0, 0.1) is 6.92 Å². The largest absolute Gasteiger partial charge is 0.491 e. The SMILES string of the molecule is Cc1ccccc1OC[C@H](O)Cn1c(N2CCN(C)CC2)nc2c1c(=O)n(C)c(=O)n2C. The first-order valence-electron chi connectivity index (χ1n) is 10.7. The molecule has 1 fully saturated rings. The van der Waals surface area contributed by atoms with Crippen molar-refractivity contribution in [2.24, 2.45) is 14.1 Å². The summed E-state index contributed by atoms with van der Waals surface area (Å²) in [6.07, 6.45) is -0.875. The molecule has 0 unspecified atom stereocenters. The minimum Gasteiger partial charge on any atom is -0.491 e. The molecule has 3 heterocycles. The predicted octanol–water partition coefficient (Wildman–Crippen LogP) is -0.0662. The lowest BCUT2D eigenvalue weighted by atomic mass is 10.2. The van der Waals surface area contributed by atoms with E-state index in [2.05, 4.69) is 21.8 Å². The molecule has 32 heavy (non-hydrogen) atoms. The third-order valence-electron chi connectivity index (χ3n) is 6.03. The van der Waals surface area contributed by atoms with Gasteiger partial charge in [0.2, 0.25) is 5.95 Å². The maximum absolute atomic E-state index is 13.0. The van der Waals surface area contributed by atoms with Gasteiger partial charge in [0, 0.05) is 40.3 Å². The molecular formula is C22H30N6O4. The van der Waals surface area contributed by atoms with Gasteiger partial charge >= 0.3 is 5.69 Å². The van der Waals surface area contributed by atoms with Gasteiger partial charge in [0.15, 0.2) is 11.2 Å². The molecule has 0 spiro atoms. The highest BCUT2D eigenvalue weighted by Crippen LogP contribution is 2.22. The number of hydrogen-bond donors (Lipinski definition) is 1. The van der Waals surface area contributed by atoms with Crippen molar-refractivity contribution in [3.63, 3.8) is 0 Å². The Labute approximate surface area is 185 Å². The van der Waals surface area contributed by atoms with E-state index in [9.17, 15) is 14.7 Å². The van der Waals surface area contributed by atoms with Crippen molar-refractivity contribution in [1.29, 1.82) is 0 Å². The van der Waals surface area contributed by atoms with Crippen LogP contribution in [0.4, 0.5) is 5.95 Å². The van der Waals surface area contributed by atoms with Gasteiger partial charge < -0.3 is 24.2 Å². The monoisotopic (exact) mass is 442 g/mol. The normalized spacial score (nSPS) is 16.0. The Bertz CT molecular complexity index is 1240. The average Bonchev–Trinajstić information content (AvgIpc) is 3.15. The summed E-state index contributed by atoms with van der Waals surface area (Å²) in [6, 6.07) is 7.61. The number of aliphatic hydroxyl groups excluding tert-OH is 1. The molecule has 10 heteroatoms. The second-order valence-corrected chi connectivity index (χ2v) is 8.42. The Morgan fingerprint density at radius 2 is 1.75 bits per heavy atom. The highest BCUT2D eigenvalue weighted by molar-refractivity contribution is 5.74. The second kappa shape index (κ2) is 8.79. The smallest absolute Gasteiger partial charge is 0.332 e. The summed E-state index contributed by atoms with van der Waals surface area (Å²) in [6.45, 7) is 5.34. The van der Waals surface area contributed by atoms with Crippen molar-refractivity contribution >= 4 is 17.1 Å². The molecule has 0 radical (unpaired) electrons. The highest BCUT2D eigenvalue weighted by atomic mass is 16.5. The number of para-hydroxylation sites is 1. The van der Waals surface area contributed by atoms with E-state index in [0.29, 0.717) is 22.9 Å². The number of rotatable bonds is 6. The number of aromatic nitrogens is 4. The van der Waals surface area contributed by atoms with Crippen LogP contribution in [0.1, 0.15) is 5.56 Å². The van der Waals surface area contributed by atoms with Crippen LogP contribution in [0.2, 0.25) is 0 Å². The van der Waals surface area contributed by atoms with Crippen molar-refractivity contribution in [2.75, 3.05) is 44.7 Å². The summed E-state index contributed by atoms with van der Waals surface area (Å²) >= 11 is 0. The first-order chi connectivity index (χ1) is 15.3. The van der Waals surface area contributed by atoms with Crippen molar-refractivity contribution < 1.29 is 9.84 Å². The first-order valence-corrected chi connectivity index (χ1v) is 10.7. The summed E-state index contributed by atoms with van der Waals surface area (Å²) < 4.78 is 10.00. The topological polar surface area (TPSA) is 97.8 Å². The third-order valence-corrected chi connectivity index (χ3v) is 6.03. The molecule has 4 rings (SSSR count). The number of ether oxygens (including phenoxy) is 1. The van der Waals surface area contributed by atoms with E-state index in [-0.39, 0.29) is 13.2 Å². The predicted molar refractivity (Wildman–Crippen MR) is 123 cm³/mol. The maximum Gasteiger partial charge on any atom is 0.332 e. The molecule has 1 saturated heterocycles. The Morgan fingerprint density at radius 1 is 1.06 bits per heavy atom. The number of aryl methyl sites for hydroxylation is 2. The average molecular weight is 443 g/mol. The fraction of sp³-hybridized carbons (Fsp3) is 0.500. The van der Waals surface area contributed by atoms with Gasteiger partial charge in [0.25, 0.3) is 5.56 Å². The highest BCUT2D eigenvalue weighted by Gasteiger charge is 2.26. The Kier molecular flexibility index (Phi) is 6.07. The number of anilines is 1. The quantitative estimate of drug-likeness (QED) is 0.571. The first kappa shape index (κ1) is 22.1. The summed E-state index contributed by atoms with van der Waals surface area (Å²) in [4.78, 5) is 34.5. The lowest BCUT2D eigenvalue weighted by Gasteiger charge is -2.33. The molecule has 172 valence electrons. The van der Waals surface area contributed by atoms with Gasteiger partial charge in [-0.05, 0) is 25.6 Å². The summed E-state index contributed by atoms with van der Waals surface area (Å²) in [5.41, 5.74) is 0.746. The minimum atomic E-state index is -0.875. The van der Waals surface area contributed by atoms with E-state index in [4.69, 9.17) is 4.74 Å². The fourth-order valence-electron chi connectivity index (χ4n) is 4.02. The van der Waals surface area contributed by atoms with Gasteiger partial charge in [-0.2, -0.15) is 4.98 Å². The van der Waals surface area contributed by atoms with Crippen LogP contribution in [-0.2, 0) is 20.6 Å².